The van der Waals surface area contributed by atoms with Crippen molar-refractivity contribution in [1.82, 2.24) is 4.90 Å². The van der Waals surface area contributed by atoms with Gasteiger partial charge in [-0.05, 0) is 54.1 Å². The molecule has 1 heterocycles. The van der Waals surface area contributed by atoms with E-state index in [9.17, 15) is 14.4 Å². The number of benzene rings is 3. The summed E-state index contributed by atoms with van der Waals surface area (Å²) in [5, 5.41) is 0.458. The summed E-state index contributed by atoms with van der Waals surface area (Å²) in [6, 6.07) is 17.7. The van der Waals surface area contributed by atoms with Gasteiger partial charge >= 0.3 is 0 Å². The highest BCUT2D eigenvalue weighted by atomic mass is 79.9. The number of carbonyl (C=O) groups is 3. The molecular formula is C26H22BrClN2O5. The summed E-state index contributed by atoms with van der Waals surface area (Å²) in [5.74, 6) is -0.448. The first-order valence-corrected chi connectivity index (χ1v) is 11.9. The molecule has 1 saturated heterocycles. The van der Waals surface area contributed by atoms with Crippen LogP contribution in [0.3, 0.4) is 0 Å². The fourth-order valence-electron chi connectivity index (χ4n) is 3.99. The molecule has 35 heavy (non-hydrogen) atoms. The number of anilines is 1. The molecule has 4 rings (SSSR count). The minimum Gasteiger partial charge on any atom is -0.493 e. The third-order valence-electron chi connectivity index (χ3n) is 5.77. The Kier molecular flexibility index (Phi) is 7.42. The van der Waals surface area contributed by atoms with Gasteiger partial charge in [-0.1, -0.05) is 45.7 Å². The van der Waals surface area contributed by atoms with Crippen molar-refractivity contribution in [3.63, 3.8) is 0 Å². The van der Waals surface area contributed by atoms with Gasteiger partial charge in [0.05, 0.1) is 26.3 Å². The Balaban J connectivity index is 1.73. The molecule has 0 radical (unpaired) electrons. The van der Waals surface area contributed by atoms with Crippen LogP contribution in [-0.4, -0.2) is 42.9 Å². The number of rotatable bonds is 7. The molecule has 0 aliphatic carbocycles. The van der Waals surface area contributed by atoms with E-state index in [2.05, 4.69) is 15.9 Å². The predicted molar refractivity (Wildman–Crippen MR) is 136 cm³/mol. The molecule has 1 fully saturated rings. The van der Waals surface area contributed by atoms with Crippen molar-refractivity contribution in [2.24, 2.45) is 0 Å². The smallest absolute Gasteiger partial charge is 0.257 e. The highest BCUT2D eigenvalue weighted by Crippen LogP contribution is 2.32. The van der Waals surface area contributed by atoms with Crippen molar-refractivity contribution < 1.29 is 23.9 Å². The molecule has 1 atom stereocenters. The van der Waals surface area contributed by atoms with E-state index in [4.69, 9.17) is 21.1 Å². The summed E-state index contributed by atoms with van der Waals surface area (Å²) in [6.45, 7) is 0.0463. The second-order valence-corrected chi connectivity index (χ2v) is 9.18. The van der Waals surface area contributed by atoms with E-state index < -0.39 is 17.9 Å². The van der Waals surface area contributed by atoms with Crippen LogP contribution in [-0.2, 0) is 16.1 Å². The topological polar surface area (TPSA) is 76.2 Å². The number of amides is 3. The Hall–Kier alpha value is -3.36. The molecule has 0 aromatic heterocycles. The quantitative estimate of drug-likeness (QED) is 0.378. The molecule has 3 aromatic carbocycles. The molecule has 180 valence electrons. The molecule has 7 nitrogen and oxygen atoms in total. The van der Waals surface area contributed by atoms with Crippen LogP contribution >= 0.6 is 27.5 Å². The van der Waals surface area contributed by atoms with E-state index in [0.717, 1.165) is 9.37 Å². The van der Waals surface area contributed by atoms with Gasteiger partial charge in [0, 0.05) is 21.6 Å². The van der Waals surface area contributed by atoms with Gasteiger partial charge in [-0.15, -0.1) is 0 Å². The lowest BCUT2D eigenvalue weighted by molar-refractivity contribution is -0.122. The number of halogens is 2. The molecule has 0 saturated carbocycles. The standard InChI is InChI=1S/C26H22BrClN2O5/c1-34-22-12-7-16(13-23(22)35-2)25(32)29(15-17-5-3-4-6-20(17)28)21-14-24(31)30(26(21)33)19-10-8-18(27)9-11-19/h3-13,21H,14-15H2,1-2H3. The summed E-state index contributed by atoms with van der Waals surface area (Å²) in [4.78, 5) is 42.7. The van der Waals surface area contributed by atoms with E-state index >= 15 is 0 Å². The third kappa shape index (κ3) is 5.04. The van der Waals surface area contributed by atoms with Crippen LogP contribution in [0, 0.1) is 0 Å². The summed E-state index contributed by atoms with van der Waals surface area (Å²) in [7, 11) is 2.98. The van der Waals surface area contributed by atoms with Gasteiger partial charge in [-0.3, -0.25) is 14.4 Å². The van der Waals surface area contributed by atoms with Gasteiger partial charge in [-0.2, -0.15) is 0 Å². The molecule has 9 heteroatoms. The van der Waals surface area contributed by atoms with Gasteiger partial charge in [0.2, 0.25) is 5.91 Å². The maximum Gasteiger partial charge on any atom is 0.257 e. The minimum atomic E-state index is -0.997. The summed E-state index contributed by atoms with van der Waals surface area (Å²) in [6.07, 6.45) is -0.140. The largest absolute Gasteiger partial charge is 0.493 e. The second-order valence-electron chi connectivity index (χ2n) is 7.86. The molecular weight excluding hydrogens is 536 g/mol. The zero-order valence-corrected chi connectivity index (χ0v) is 21.4. The second kappa shape index (κ2) is 10.5. The van der Waals surface area contributed by atoms with Crippen molar-refractivity contribution in [2.45, 2.75) is 19.0 Å². The predicted octanol–water partition coefficient (Wildman–Crippen LogP) is 5.09. The van der Waals surface area contributed by atoms with E-state index in [1.807, 2.05) is 0 Å². The first-order chi connectivity index (χ1) is 16.8. The van der Waals surface area contributed by atoms with Gasteiger partial charge in [0.15, 0.2) is 11.5 Å². The van der Waals surface area contributed by atoms with Crippen molar-refractivity contribution >= 4 is 50.9 Å². The number of ether oxygens (including phenoxy) is 2. The molecule has 3 amide bonds. The number of hydrogen-bond donors (Lipinski definition) is 0. The lowest BCUT2D eigenvalue weighted by atomic mass is 10.1. The molecule has 1 unspecified atom stereocenters. The van der Waals surface area contributed by atoms with Crippen LogP contribution in [0.2, 0.25) is 5.02 Å². The highest BCUT2D eigenvalue weighted by Gasteiger charge is 2.44. The molecule has 1 aliphatic rings. The monoisotopic (exact) mass is 556 g/mol. The Bertz CT molecular complexity index is 1280. The number of nitrogens with zero attached hydrogens (tertiary/aromatic N) is 2. The maximum atomic E-state index is 13.8. The fourth-order valence-corrected chi connectivity index (χ4v) is 4.45. The number of carbonyl (C=O) groups excluding carboxylic acids is 3. The lowest BCUT2D eigenvalue weighted by Crippen LogP contribution is -2.45. The van der Waals surface area contributed by atoms with Crippen molar-refractivity contribution in [2.75, 3.05) is 19.1 Å². The van der Waals surface area contributed by atoms with Crippen LogP contribution in [0.1, 0.15) is 22.3 Å². The number of hydrogen-bond acceptors (Lipinski definition) is 5. The van der Waals surface area contributed by atoms with Gasteiger partial charge in [0.25, 0.3) is 11.8 Å². The number of methoxy groups -OCH3 is 2. The average molecular weight is 558 g/mol. The lowest BCUT2D eigenvalue weighted by Gasteiger charge is -2.28. The Morgan fingerprint density at radius 1 is 1.03 bits per heavy atom. The van der Waals surface area contributed by atoms with E-state index in [-0.39, 0.29) is 24.4 Å². The van der Waals surface area contributed by atoms with Crippen molar-refractivity contribution in [1.29, 1.82) is 0 Å². The summed E-state index contributed by atoms with van der Waals surface area (Å²) < 4.78 is 11.4. The van der Waals surface area contributed by atoms with Gasteiger partial charge in [0.1, 0.15) is 6.04 Å². The first kappa shape index (κ1) is 24.8. The van der Waals surface area contributed by atoms with Gasteiger partial charge in [-0.25, -0.2) is 4.90 Å². The Morgan fingerprint density at radius 2 is 1.71 bits per heavy atom. The minimum absolute atomic E-state index is 0.0463. The molecule has 0 N–H and O–H groups in total. The zero-order chi connectivity index (χ0) is 25.1. The van der Waals surface area contributed by atoms with Crippen LogP contribution < -0.4 is 14.4 Å². The van der Waals surface area contributed by atoms with Crippen LogP contribution in [0.15, 0.2) is 71.2 Å². The summed E-state index contributed by atoms with van der Waals surface area (Å²) >= 11 is 9.73. The molecule has 0 bridgehead atoms. The van der Waals surface area contributed by atoms with Crippen molar-refractivity contribution in [3.05, 3.63) is 87.4 Å². The fraction of sp³-hybridized carbons (Fsp3) is 0.192. The van der Waals surface area contributed by atoms with Crippen LogP contribution in [0.5, 0.6) is 11.5 Å². The normalized spacial score (nSPS) is 15.3. The third-order valence-corrected chi connectivity index (χ3v) is 6.67. The Morgan fingerprint density at radius 3 is 2.37 bits per heavy atom. The molecule has 0 spiro atoms. The average Bonchev–Trinajstić information content (AvgIpc) is 3.16. The molecule has 1 aliphatic heterocycles. The molecule has 3 aromatic rings. The van der Waals surface area contributed by atoms with Crippen LogP contribution in [0.25, 0.3) is 0 Å². The maximum absolute atomic E-state index is 13.8. The first-order valence-electron chi connectivity index (χ1n) is 10.7. The van der Waals surface area contributed by atoms with E-state index in [1.54, 1.807) is 66.7 Å². The van der Waals surface area contributed by atoms with Gasteiger partial charge < -0.3 is 14.4 Å². The highest BCUT2D eigenvalue weighted by molar-refractivity contribution is 9.10. The SMILES string of the molecule is COc1ccc(C(=O)N(Cc2ccccc2Cl)C2CC(=O)N(c3ccc(Br)cc3)C2=O)cc1OC. The Labute approximate surface area is 216 Å². The van der Waals surface area contributed by atoms with E-state index in [0.29, 0.717) is 27.8 Å². The zero-order valence-electron chi connectivity index (χ0n) is 19.0. The van der Waals surface area contributed by atoms with E-state index in [1.165, 1.54) is 19.1 Å². The van der Waals surface area contributed by atoms with Crippen molar-refractivity contribution in [3.8, 4) is 11.5 Å². The summed E-state index contributed by atoms with van der Waals surface area (Å²) in [5.41, 5.74) is 1.39. The number of imide groups is 1. The van der Waals surface area contributed by atoms with Crippen LogP contribution in [0.4, 0.5) is 5.69 Å².